The van der Waals surface area contributed by atoms with E-state index >= 15 is 0 Å². The van der Waals surface area contributed by atoms with Gasteiger partial charge in [0.2, 0.25) is 0 Å². The van der Waals surface area contributed by atoms with Gasteiger partial charge in [0.05, 0.1) is 0 Å². The van der Waals surface area contributed by atoms with Gasteiger partial charge in [-0.2, -0.15) is 5.26 Å². The minimum atomic E-state index is 0.430. The van der Waals surface area contributed by atoms with Crippen LogP contribution in [0.25, 0.3) is 0 Å². The Hall–Kier alpha value is -2.67. The second-order valence-corrected chi connectivity index (χ2v) is 5.15. The third-order valence-corrected chi connectivity index (χ3v) is 3.55. The van der Waals surface area contributed by atoms with Crippen LogP contribution in [0.3, 0.4) is 0 Å². The number of nitriles is 1. The molecule has 0 radical (unpaired) electrons. The number of rotatable bonds is 2. The lowest BCUT2D eigenvalue weighted by Crippen LogP contribution is -2.22. The molecule has 2 aliphatic heterocycles. The Morgan fingerprint density at radius 2 is 2.30 bits per heavy atom. The quantitative estimate of drug-likeness (QED) is 0.856. The predicted molar refractivity (Wildman–Crippen MR) is 77.7 cm³/mol. The van der Waals surface area contributed by atoms with Crippen LogP contribution in [0.1, 0.15) is 11.1 Å². The van der Waals surface area contributed by atoms with Gasteiger partial charge in [-0.3, -0.25) is 0 Å². The van der Waals surface area contributed by atoms with Crippen molar-refractivity contribution in [1.29, 1.82) is 5.26 Å². The molecule has 4 nitrogen and oxygen atoms in total. The fourth-order valence-corrected chi connectivity index (χ4v) is 2.61. The second kappa shape index (κ2) is 4.78. The molecule has 0 saturated heterocycles. The first-order valence-electron chi connectivity index (χ1n) is 6.55. The Balaban J connectivity index is 1.84. The van der Waals surface area contributed by atoms with Crippen LogP contribution in [0, 0.1) is 18.3 Å². The highest BCUT2D eigenvalue weighted by Gasteiger charge is 2.25. The van der Waals surface area contributed by atoms with Crippen LogP contribution >= 0.6 is 0 Å². The van der Waals surface area contributed by atoms with Gasteiger partial charge >= 0.3 is 0 Å². The van der Waals surface area contributed by atoms with Crippen molar-refractivity contribution in [3.63, 3.8) is 0 Å². The topological polar surface area (TPSA) is 65.1 Å². The third kappa shape index (κ3) is 2.14. The summed E-state index contributed by atoms with van der Waals surface area (Å²) in [6.45, 7) is 3.73. The van der Waals surface area contributed by atoms with Crippen LogP contribution in [0.15, 0.2) is 59.2 Å². The van der Waals surface area contributed by atoms with E-state index in [9.17, 15) is 5.26 Å². The molecule has 0 atom stereocenters. The van der Waals surface area contributed by atoms with Crippen molar-refractivity contribution in [2.75, 3.05) is 6.54 Å². The lowest BCUT2D eigenvalue weighted by molar-refractivity contribution is 0.419. The molecule has 0 bridgehead atoms. The average Bonchev–Trinajstić information content (AvgIpc) is 2.81. The first-order valence-corrected chi connectivity index (χ1v) is 6.55. The molecule has 2 aliphatic rings. The molecule has 0 fully saturated rings. The third-order valence-electron chi connectivity index (χ3n) is 3.55. The number of benzene rings is 1. The van der Waals surface area contributed by atoms with Gasteiger partial charge in [0, 0.05) is 31.1 Å². The predicted octanol–water partition coefficient (Wildman–Crippen LogP) is 1.88. The highest BCUT2D eigenvalue weighted by Crippen LogP contribution is 2.30. The largest absolute Gasteiger partial charge is 0.384 e. The van der Waals surface area contributed by atoms with Crippen LogP contribution < -0.4 is 11.1 Å². The highest BCUT2D eigenvalue weighted by molar-refractivity contribution is 5.59. The van der Waals surface area contributed by atoms with Gasteiger partial charge in [0.25, 0.3) is 0 Å². The molecule has 4 heteroatoms. The van der Waals surface area contributed by atoms with E-state index in [1.807, 2.05) is 12.4 Å². The summed E-state index contributed by atoms with van der Waals surface area (Å²) in [4.78, 5) is 2.20. The maximum Gasteiger partial charge on any atom is 0.119 e. The Bertz CT molecular complexity index is 689. The SMILES string of the molecule is Cc1cccc(CN2C=C3C(=CNC(N)=C3C#N)C2)c1. The van der Waals surface area contributed by atoms with Crippen LogP contribution in [-0.4, -0.2) is 11.4 Å². The zero-order chi connectivity index (χ0) is 14.1. The van der Waals surface area contributed by atoms with Crippen molar-refractivity contribution in [3.8, 4) is 6.07 Å². The maximum atomic E-state index is 9.21. The number of dihydropyridines is 1. The van der Waals surface area contributed by atoms with Gasteiger partial charge in [0.15, 0.2) is 0 Å². The second-order valence-electron chi connectivity index (χ2n) is 5.15. The molecule has 0 unspecified atom stereocenters. The average molecular weight is 264 g/mol. The fraction of sp³-hybridized carbons (Fsp3) is 0.188. The van der Waals surface area contributed by atoms with Gasteiger partial charge in [-0.1, -0.05) is 29.8 Å². The molecular formula is C16H16N4. The van der Waals surface area contributed by atoms with Crippen LogP contribution in [0.2, 0.25) is 0 Å². The van der Waals surface area contributed by atoms with Gasteiger partial charge in [-0.05, 0) is 18.1 Å². The Morgan fingerprint density at radius 1 is 1.45 bits per heavy atom. The number of nitrogens with two attached hydrogens (primary N) is 1. The summed E-state index contributed by atoms with van der Waals surface area (Å²) in [5.41, 5.74) is 10.9. The number of nitrogens with one attached hydrogen (secondary N) is 1. The lowest BCUT2D eigenvalue weighted by atomic mass is 10.0. The van der Waals surface area contributed by atoms with Gasteiger partial charge in [-0.15, -0.1) is 0 Å². The molecule has 3 rings (SSSR count). The summed E-state index contributed by atoms with van der Waals surface area (Å²) in [5.74, 6) is 0.430. The number of hydrogen-bond acceptors (Lipinski definition) is 4. The van der Waals surface area contributed by atoms with E-state index in [4.69, 9.17) is 5.73 Å². The summed E-state index contributed by atoms with van der Waals surface area (Å²) in [7, 11) is 0. The summed E-state index contributed by atoms with van der Waals surface area (Å²) in [6, 6.07) is 10.6. The molecule has 20 heavy (non-hydrogen) atoms. The van der Waals surface area contributed by atoms with E-state index < -0.39 is 0 Å². The summed E-state index contributed by atoms with van der Waals surface area (Å²) < 4.78 is 0. The van der Waals surface area contributed by atoms with Crippen molar-refractivity contribution < 1.29 is 0 Å². The summed E-state index contributed by atoms with van der Waals surface area (Å²) in [6.07, 6.45) is 3.92. The normalized spacial score (nSPS) is 17.1. The number of hydrogen-bond donors (Lipinski definition) is 2. The Kier molecular flexibility index (Phi) is 2.96. The van der Waals surface area contributed by atoms with Crippen LogP contribution in [0.5, 0.6) is 0 Å². The van der Waals surface area contributed by atoms with E-state index in [1.54, 1.807) is 0 Å². The van der Waals surface area contributed by atoms with Crippen LogP contribution in [0.4, 0.5) is 0 Å². The first-order chi connectivity index (χ1) is 9.67. The zero-order valence-electron chi connectivity index (χ0n) is 11.4. The molecular weight excluding hydrogens is 248 g/mol. The lowest BCUT2D eigenvalue weighted by Gasteiger charge is -2.16. The molecule has 100 valence electrons. The smallest absolute Gasteiger partial charge is 0.119 e. The van der Waals surface area contributed by atoms with Crippen molar-refractivity contribution in [1.82, 2.24) is 10.2 Å². The molecule has 0 spiro atoms. The van der Waals surface area contributed by atoms with E-state index in [0.717, 1.165) is 24.2 Å². The van der Waals surface area contributed by atoms with E-state index in [-0.39, 0.29) is 0 Å². The van der Waals surface area contributed by atoms with Gasteiger partial charge in [-0.25, -0.2) is 0 Å². The van der Waals surface area contributed by atoms with Crippen LogP contribution in [-0.2, 0) is 6.54 Å². The van der Waals surface area contributed by atoms with Crippen molar-refractivity contribution in [3.05, 3.63) is 70.3 Å². The molecule has 0 amide bonds. The van der Waals surface area contributed by atoms with Crippen molar-refractivity contribution >= 4 is 0 Å². The summed E-state index contributed by atoms with van der Waals surface area (Å²) >= 11 is 0. The maximum absolute atomic E-state index is 9.21. The van der Waals surface area contributed by atoms with Crippen molar-refractivity contribution in [2.24, 2.45) is 5.73 Å². The molecule has 0 saturated carbocycles. The number of allylic oxidation sites excluding steroid dienone is 1. The zero-order valence-corrected chi connectivity index (χ0v) is 11.4. The van der Waals surface area contributed by atoms with E-state index in [2.05, 4.69) is 47.5 Å². The number of aryl methyl sites for hydroxylation is 1. The minimum absolute atomic E-state index is 0.430. The molecule has 2 heterocycles. The number of fused-ring (bicyclic) bond motifs is 1. The monoisotopic (exact) mass is 264 g/mol. The van der Waals surface area contributed by atoms with Gasteiger partial charge < -0.3 is 16.0 Å². The molecule has 3 N–H and O–H groups in total. The summed E-state index contributed by atoms with van der Waals surface area (Å²) in [5, 5.41) is 12.2. The molecule has 0 aliphatic carbocycles. The Labute approximate surface area is 118 Å². The van der Waals surface area contributed by atoms with Crippen molar-refractivity contribution in [2.45, 2.75) is 13.5 Å². The number of nitrogens with zero attached hydrogens (tertiary/aromatic N) is 2. The first kappa shape index (κ1) is 12.4. The fourth-order valence-electron chi connectivity index (χ4n) is 2.61. The van der Waals surface area contributed by atoms with E-state index in [0.29, 0.717) is 11.4 Å². The molecule has 1 aromatic rings. The standard InChI is InChI=1S/C16H16N4/c1-11-3-2-4-12(5-11)8-20-9-13-7-19-16(18)14(6-17)15(13)10-20/h2-5,7,10,19H,8-9,18H2,1H3. The highest BCUT2D eigenvalue weighted by atomic mass is 15.1. The minimum Gasteiger partial charge on any atom is -0.384 e. The molecule has 0 aromatic heterocycles. The van der Waals surface area contributed by atoms with E-state index in [1.165, 1.54) is 11.1 Å². The molecule has 1 aromatic carbocycles. The Morgan fingerprint density at radius 3 is 3.05 bits per heavy atom. The van der Waals surface area contributed by atoms with Gasteiger partial charge in [0.1, 0.15) is 17.5 Å².